The number of ketones is 1. The lowest BCUT2D eigenvalue weighted by molar-refractivity contribution is 0.101. The zero-order valence-electron chi connectivity index (χ0n) is 10.5. The van der Waals surface area contributed by atoms with Gasteiger partial charge in [-0.25, -0.2) is 0 Å². The van der Waals surface area contributed by atoms with E-state index in [9.17, 15) is 4.79 Å². The maximum atomic E-state index is 11.3. The van der Waals surface area contributed by atoms with Crippen LogP contribution in [0.4, 0.5) is 5.69 Å². The Balaban J connectivity index is 2.12. The number of anilines is 1. The van der Waals surface area contributed by atoms with Crippen LogP contribution in [0.5, 0.6) is 0 Å². The quantitative estimate of drug-likeness (QED) is 0.856. The van der Waals surface area contributed by atoms with Gasteiger partial charge in [-0.3, -0.25) is 4.79 Å². The molecule has 1 aliphatic rings. The van der Waals surface area contributed by atoms with Crippen LogP contribution >= 0.6 is 11.6 Å². The molecule has 3 nitrogen and oxygen atoms in total. The summed E-state index contributed by atoms with van der Waals surface area (Å²) < 4.78 is 0. The highest BCUT2D eigenvalue weighted by Crippen LogP contribution is 2.30. The van der Waals surface area contributed by atoms with Gasteiger partial charge in [0.05, 0.1) is 10.7 Å². The number of halogens is 1. The molecule has 1 fully saturated rings. The third-order valence-electron chi connectivity index (χ3n) is 3.57. The van der Waals surface area contributed by atoms with Gasteiger partial charge in [-0.05, 0) is 43.9 Å². The normalized spacial score (nSPS) is 16.9. The summed E-state index contributed by atoms with van der Waals surface area (Å²) in [6.45, 7) is 3.62. The number of aliphatic hydroxyl groups is 1. The lowest BCUT2D eigenvalue weighted by atomic mass is 9.97. The van der Waals surface area contributed by atoms with Gasteiger partial charge >= 0.3 is 0 Å². The number of rotatable bonds is 3. The van der Waals surface area contributed by atoms with Gasteiger partial charge in [-0.1, -0.05) is 11.6 Å². The molecule has 1 N–H and O–H groups in total. The van der Waals surface area contributed by atoms with Gasteiger partial charge in [0, 0.05) is 25.3 Å². The first kappa shape index (κ1) is 13.4. The highest BCUT2D eigenvalue weighted by molar-refractivity contribution is 6.33. The molecule has 1 saturated heterocycles. The van der Waals surface area contributed by atoms with Crippen molar-refractivity contribution in [2.24, 2.45) is 5.92 Å². The summed E-state index contributed by atoms with van der Waals surface area (Å²) in [4.78, 5) is 13.5. The standard InChI is InChI=1S/C14H18ClNO2/c1-10(18)12-2-3-14(13(15)8-12)16-6-4-11(9-17)5-7-16/h2-3,8,11,17H,4-7,9H2,1H3. The van der Waals surface area contributed by atoms with Crippen molar-refractivity contribution in [3.05, 3.63) is 28.8 Å². The Hall–Kier alpha value is -1.06. The van der Waals surface area contributed by atoms with Crippen molar-refractivity contribution in [3.8, 4) is 0 Å². The van der Waals surface area contributed by atoms with Crippen molar-refractivity contribution in [3.63, 3.8) is 0 Å². The SMILES string of the molecule is CC(=O)c1ccc(N2CCC(CO)CC2)c(Cl)c1. The zero-order valence-corrected chi connectivity index (χ0v) is 11.3. The van der Waals surface area contributed by atoms with E-state index in [-0.39, 0.29) is 12.4 Å². The molecule has 0 amide bonds. The highest BCUT2D eigenvalue weighted by atomic mass is 35.5. The summed E-state index contributed by atoms with van der Waals surface area (Å²) in [5.74, 6) is 0.443. The van der Waals surface area contributed by atoms with Gasteiger partial charge in [0.15, 0.2) is 5.78 Å². The maximum Gasteiger partial charge on any atom is 0.159 e. The molecule has 0 unspecified atom stereocenters. The van der Waals surface area contributed by atoms with Crippen molar-refractivity contribution < 1.29 is 9.90 Å². The van der Waals surface area contributed by atoms with E-state index in [2.05, 4.69) is 4.90 Å². The van der Waals surface area contributed by atoms with Gasteiger partial charge < -0.3 is 10.0 Å². The van der Waals surface area contributed by atoms with Crippen molar-refractivity contribution in [2.45, 2.75) is 19.8 Å². The largest absolute Gasteiger partial charge is 0.396 e. The van der Waals surface area contributed by atoms with Gasteiger partial charge in [-0.2, -0.15) is 0 Å². The van der Waals surface area contributed by atoms with Crippen LogP contribution in [0.1, 0.15) is 30.1 Å². The first-order valence-electron chi connectivity index (χ1n) is 6.28. The number of benzene rings is 1. The van der Waals surface area contributed by atoms with Crippen molar-refractivity contribution in [2.75, 3.05) is 24.6 Å². The van der Waals surface area contributed by atoms with E-state index in [0.29, 0.717) is 16.5 Å². The molecule has 0 radical (unpaired) electrons. The molecule has 0 spiro atoms. The van der Waals surface area contributed by atoms with Crippen LogP contribution in [0.15, 0.2) is 18.2 Å². The van der Waals surface area contributed by atoms with Crippen LogP contribution in [-0.4, -0.2) is 30.6 Å². The third-order valence-corrected chi connectivity index (χ3v) is 3.87. The first-order chi connectivity index (χ1) is 8.61. The molecule has 2 rings (SSSR count). The molecule has 4 heteroatoms. The molecule has 1 heterocycles. The number of carbonyl (C=O) groups is 1. The number of hydrogen-bond acceptors (Lipinski definition) is 3. The predicted molar refractivity (Wildman–Crippen MR) is 73.5 cm³/mol. The summed E-state index contributed by atoms with van der Waals surface area (Å²) >= 11 is 6.23. The summed E-state index contributed by atoms with van der Waals surface area (Å²) in [7, 11) is 0. The fourth-order valence-electron chi connectivity index (χ4n) is 2.34. The van der Waals surface area contributed by atoms with Gasteiger partial charge in [0.2, 0.25) is 0 Å². The lowest BCUT2D eigenvalue weighted by Gasteiger charge is -2.33. The van der Waals surface area contributed by atoms with Gasteiger partial charge in [0.25, 0.3) is 0 Å². The second-order valence-electron chi connectivity index (χ2n) is 4.84. The fourth-order valence-corrected chi connectivity index (χ4v) is 2.64. The summed E-state index contributed by atoms with van der Waals surface area (Å²) in [6, 6.07) is 5.47. The molecule has 18 heavy (non-hydrogen) atoms. The first-order valence-corrected chi connectivity index (χ1v) is 6.66. The minimum Gasteiger partial charge on any atom is -0.396 e. The maximum absolute atomic E-state index is 11.3. The van der Waals surface area contributed by atoms with Crippen LogP contribution in [0.3, 0.4) is 0 Å². The molecule has 1 aliphatic heterocycles. The minimum atomic E-state index is 0.0300. The Kier molecular flexibility index (Phi) is 4.25. The van der Waals surface area contributed by atoms with E-state index in [1.807, 2.05) is 12.1 Å². The lowest BCUT2D eigenvalue weighted by Crippen LogP contribution is -2.34. The van der Waals surface area contributed by atoms with E-state index < -0.39 is 0 Å². The van der Waals surface area contributed by atoms with E-state index in [4.69, 9.17) is 16.7 Å². The van der Waals surface area contributed by atoms with E-state index in [1.165, 1.54) is 6.92 Å². The van der Waals surface area contributed by atoms with Gasteiger partial charge in [-0.15, -0.1) is 0 Å². The van der Waals surface area contributed by atoms with Crippen molar-refractivity contribution in [1.29, 1.82) is 0 Å². The minimum absolute atomic E-state index is 0.0300. The fraction of sp³-hybridized carbons (Fsp3) is 0.500. The molecule has 1 aromatic carbocycles. The monoisotopic (exact) mass is 267 g/mol. The van der Waals surface area contributed by atoms with Gasteiger partial charge in [0.1, 0.15) is 0 Å². The zero-order chi connectivity index (χ0) is 13.1. The number of hydrogen-bond donors (Lipinski definition) is 1. The molecule has 0 saturated carbocycles. The summed E-state index contributed by atoms with van der Waals surface area (Å²) in [5, 5.41) is 9.75. The smallest absolute Gasteiger partial charge is 0.159 e. The summed E-state index contributed by atoms with van der Waals surface area (Å²) in [5.41, 5.74) is 1.63. The van der Waals surface area contributed by atoms with Crippen molar-refractivity contribution >= 4 is 23.1 Å². The van der Waals surface area contributed by atoms with E-state index in [0.717, 1.165) is 31.6 Å². The number of Topliss-reactive ketones (excluding diaryl/α,β-unsaturated/α-hetero) is 1. The highest BCUT2D eigenvalue weighted by Gasteiger charge is 2.20. The second-order valence-corrected chi connectivity index (χ2v) is 5.24. The van der Waals surface area contributed by atoms with Crippen LogP contribution in [0, 0.1) is 5.92 Å². The third kappa shape index (κ3) is 2.85. The average molecular weight is 268 g/mol. The van der Waals surface area contributed by atoms with Crippen LogP contribution in [0.2, 0.25) is 5.02 Å². The Morgan fingerprint density at radius 2 is 2.11 bits per heavy atom. The molecule has 98 valence electrons. The number of nitrogens with zero attached hydrogens (tertiary/aromatic N) is 1. The Morgan fingerprint density at radius 1 is 1.44 bits per heavy atom. The van der Waals surface area contributed by atoms with Crippen LogP contribution in [-0.2, 0) is 0 Å². The topological polar surface area (TPSA) is 40.5 Å². The number of piperidine rings is 1. The molecule has 0 aromatic heterocycles. The van der Waals surface area contributed by atoms with Crippen molar-refractivity contribution in [1.82, 2.24) is 0 Å². The Labute approximate surface area is 112 Å². The predicted octanol–water partition coefficient (Wildman–Crippen LogP) is 2.75. The Bertz CT molecular complexity index is 439. The molecule has 0 aliphatic carbocycles. The Morgan fingerprint density at radius 3 is 2.61 bits per heavy atom. The second kappa shape index (κ2) is 5.72. The molecule has 1 aromatic rings. The molecule has 0 bridgehead atoms. The van der Waals surface area contributed by atoms with E-state index in [1.54, 1.807) is 6.07 Å². The van der Waals surface area contributed by atoms with E-state index >= 15 is 0 Å². The van der Waals surface area contributed by atoms with Crippen LogP contribution in [0.25, 0.3) is 0 Å². The average Bonchev–Trinajstić information content (AvgIpc) is 2.38. The van der Waals surface area contributed by atoms with Crippen LogP contribution < -0.4 is 4.90 Å². The summed E-state index contributed by atoms with van der Waals surface area (Å²) in [6.07, 6.45) is 1.97. The number of aliphatic hydroxyl groups excluding tert-OH is 1. The molecular weight excluding hydrogens is 250 g/mol. The molecular formula is C14H18ClNO2. The molecule has 0 atom stereocenters. The number of carbonyl (C=O) groups excluding carboxylic acids is 1.